The molecule has 0 fully saturated rings. The van der Waals surface area contributed by atoms with Crippen LogP contribution in [0.25, 0.3) is 98.3 Å². The maximum atomic E-state index is 5.52. The zero-order valence-electron chi connectivity index (χ0n) is 35.9. The van der Waals surface area contributed by atoms with Gasteiger partial charge in [-0.3, -0.25) is 0 Å². The number of amidine groups is 2. The Bertz CT molecular complexity index is 3810. The summed E-state index contributed by atoms with van der Waals surface area (Å²) in [5, 5.41) is 16.7. The molecule has 0 saturated carbocycles. The highest BCUT2D eigenvalue weighted by Crippen LogP contribution is 2.42. The minimum atomic E-state index is -0.506. The second kappa shape index (κ2) is 15.5. The number of nitrogens with one attached hydrogen (secondary N) is 1. The smallest absolute Gasteiger partial charge is 0.169 e. The molecule has 12 aromatic rings. The highest BCUT2D eigenvalue weighted by atomic mass is 15.2. The third-order valence-corrected chi connectivity index (χ3v) is 13.3. The summed E-state index contributed by atoms with van der Waals surface area (Å²) in [7, 11) is 0. The van der Waals surface area contributed by atoms with E-state index in [1.165, 1.54) is 48.8 Å². The number of hydrogen-bond acceptors (Lipinski definition) is 4. The van der Waals surface area contributed by atoms with Crippen LogP contribution in [0.15, 0.2) is 241 Å². The second-order valence-electron chi connectivity index (χ2n) is 17.1. The first-order chi connectivity index (χ1) is 32.7. The molecule has 0 amide bonds. The molecule has 0 radical (unpaired) electrons. The average Bonchev–Trinajstić information content (AvgIpc) is 3.40. The van der Waals surface area contributed by atoms with Crippen LogP contribution in [0.3, 0.4) is 0 Å². The molecule has 66 heavy (non-hydrogen) atoms. The van der Waals surface area contributed by atoms with Crippen molar-refractivity contribution in [3.05, 3.63) is 247 Å². The van der Waals surface area contributed by atoms with E-state index >= 15 is 0 Å². The Kier molecular flexibility index (Phi) is 8.88. The van der Waals surface area contributed by atoms with Crippen LogP contribution < -0.4 is 5.32 Å². The molecule has 308 valence electrons. The van der Waals surface area contributed by atoms with E-state index in [0.717, 1.165) is 77.8 Å². The number of fused-ring (bicyclic) bond motifs is 9. The van der Waals surface area contributed by atoms with Gasteiger partial charge in [0.1, 0.15) is 11.7 Å². The van der Waals surface area contributed by atoms with Gasteiger partial charge >= 0.3 is 0 Å². The van der Waals surface area contributed by atoms with Crippen LogP contribution in [0.4, 0.5) is 0 Å². The largest absolute Gasteiger partial charge is 0.324 e. The van der Waals surface area contributed by atoms with Crippen molar-refractivity contribution >= 4 is 76.4 Å². The van der Waals surface area contributed by atoms with Gasteiger partial charge in [-0.25, -0.2) is 15.0 Å². The van der Waals surface area contributed by atoms with Gasteiger partial charge in [-0.05, 0) is 77.5 Å². The molecule has 1 aliphatic rings. The predicted molar refractivity (Wildman–Crippen MR) is 277 cm³/mol. The fourth-order valence-electron chi connectivity index (χ4n) is 10.2. The molecule has 0 spiro atoms. The van der Waals surface area contributed by atoms with Crippen molar-refractivity contribution in [3.63, 3.8) is 0 Å². The van der Waals surface area contributed by atoms with E-state index in [-0.39, 0.29) is 0 Å². The number of pyridine rings is 1. The minimum Gasteiger partial charge on any atom is -0.324 e. The van der Waals surface area contributed by atoms with Crippen molar-refractivity contribution in [1.29, 1.82) is 0 Å². The van der Waals surface area contributed by atoms with Crippen LogP contribution in [0.5, 0.6) is 0 Å². The average molecular weight is 841 g/mol. The second-order valence-corrected chi connectivity index (χ2v) is 17.1. The summed E-state index contributed by atoms with van der Waals surface area (Å²) in [6, 6.07) is 82.3. The van der Waals surface area contributed by atoms with E-state index < -0.39 is 6.17 Å². The van der Waals surface area contributed by atoms with Crippen LogP contribution in [0.2, 0.25) is 0 Å². The van der Waals surface area contributed by atoms with Crippen LogP contribution in [-0.4, -0.2) is 16.7 Å². The van der Waals surface area contributed by atoms with Crippen LogP contribution >= 0.6 is 0 Å². The van der Waals surface area contributed by atoms with Crippen LogP contribution in [0.1, 0.15) is 22.9 Å². The van der Waals surface area contributed by atoms with Gasteiger partial charge in [0.15, 0.2) is 6.17 Å². The molecular formula is C62H40N4. The normalized spacial score (nSPS) is 13.1. The maximum Gasteiger partial charge on any atom is 0.169 e. The maximum absolute atomic E-state index is 5.52. The lowest BCUT2D eigenvalue weighted by atomic mass is 9.91. The molecule has 0 saturated heterocycles. The molecule has 0 bridgehead atoms. The Balaban J connectivity index is 0.992. The molecule has 0 unspecified atom stereocenters. The van der Waals surface area contributed by atoms with Crippen molar-refractivity contribution in [1.82, 2.24) is 10.3 Å². The molecule has 1 aliphatic heterocycles. The summed E-state index contributed by atoms with van der Waals surface area (Å²) >= 11 is 0. The zero-order valence-corrected chi connectivity index (χ0v) is 35.9. The summed E-state index contributed by atoms with van der Waals surface area (Å²) in [6.45, 7) is 0. The van der Waals surface area contributed by atoms with Crippen molar-refractivity contribution < 1.29 is 0 Å². The Morgan fingerprint density at radius 2 is 0.773 bits per heavy atom. The van der Waals surface area contributed by atoms with E-state index in [2.05, 4.69) is 236 Å². The minimum absolute atomic E-state index is 0.506. The van der Waals surface area contributed by atoms with E-state index in [4.69, 9.17) is 15.0 Å². The Hall–Kier alpha value is -8.73. The fourth-order valence-corrected chi connectivity index (χ4v) is 10.2. The zero-order chi connectivity index (χ0) is 43.6. The molecule has 13 rings (SSSR count). The number of aromatic nitrogens is 1. The summed E-state index contributed by atoms with van der Waals surface area (Å²) in [5.41, 5.74) is 10.6. The SMILES string of the molecule is c1ccc(-c2nc3c(-c4ccc(C5N=C(c6cc7ccccc7c7ccccc67)NC(c6cc7ccccc7c7ccccc67)=N5)cc4)cccc3c3c(-c4ccccc4)cccc23)cc1. The van der Waals surface area contributed by atoms with Crippen molar-refractivity contribution in [2.24, 2.45) is 9.98 Å². The van der Waals surface area contributed by atoms with E-state index in [1.54, 1.807) is 0 Å². The van der Waals surface area contributed by atoms with Crippen LogP contribution in [0, 0.1) is 0 Å². The topological polar surface area (TPSA) is 49.6 Å². The van der Waals surface area contributed by atoms with Gasteiger partial charge in [-0.2, -0.15) is 0 Å². The van der Waals surface area contributed by atoms with Gasteiger partial charge in [-0.15, -0.1) is 0 Å². The summed E-state index contributed by atoms with van der Waals surface area (Å²) < 4.78 is 0. The predicted octanol–water partition coefficient (Wildman–Crippen LogP) is 15.5. The lowest BCUT2D eigenvalue weighted by Crippen LogP contribution is -2.36. The third kappa shape index (κ3) is 6.26. The summed E-state index contributed by atoms with van der Waals surface area (Å²) in [6.07, 6.45) is -0.506. The molecule has 0 atom stereocenters. The molecule has 2 heterocycles. The monoisotopic (exact) mass is 840 g/mol. The van der Waals surface area contributed by atoms with Crippen LogP contribution in [-0.2, 0) is 0 Å². The van der Waals surface area contributed by atoms with E-state index in [9.17, 15) is 0 Å². The lowest BCUT2D eigenvalue weighted by molar-refractivity contribution is 0.756. The summed E-state index contributed by atoms with van der Waals surface area (Å²) in [5.74, 6) is 1.59. The van der Waals surface area contributed by atoms with Gasteiger partial charge in [0.2, 0.25) is 0 Å². The number of hydrogen-bond donors (Lipinski definition) is 1. The Labute approximate surface area is 381 Å². The molecule has 4 heteroatoms. The third-order valence-electron chi connectivity index (χ3n) is 13.3. The molecule has 1 N–H and O–H groups in total. The first-order valence-corrected chi connectivity index (χ1v) is 22.5. The van der Waals surface area contributed by atoms with Gasteiger partial charge in [0.05, 0.1) is 11.2 Å². The van der Waals surface area contributed by atoms with E-state index in [0.29, 0.717) is 0 Å². The Morgan fingerprint density at radius 1 is 0.318 bits per heavy atom. The first-order valence-electron chi connectivity index (χ1n) is 22.5. The molecule has 4 nitrogen and oxygen atoms in total. The van der Waals surface area contributed by atoms with Gasteiger partial charge in [-0.1, -0.05) is 218 Å². The Morgan fingerprint density at radius 3 is 1.36 bits per heavy atom. The molecule has 1 aromatic heterocycles. The highest BCUT2D eigenvalue weighted by Gasteiger charge is 2.25. The standard InChI is InChI=1S/C62H40N4/c1-3-17-39(18-4-1)47-29-15-31-53-57(47)54-32-16-30-48(59(54)63-58(53)41-19-5-2-6-20-41)40-33-35-42(36-34-40)60-64-61(55-37-43-21-7-9-23-45(43)49-25-11-13-27-51(49)55)66-62(65-60)56-38-44-22-8-10-24-46(44)50-26-12-14-28-52(50)56/h1-38,60H,(H,64,65,66). The van der Waals surface area contributed by atoms with Crippen molar-refractivity contribution in [2.75, 3.05) is 0 Å². The number of aliphatic imine (C=N–C) groups is 2. The quantitative estimate of drug-likeness (QED) is 0.170. The molecular weight excluding hydrogens is 801 g/mol. The van der Waals surface area contributed by atoms with Gasteiger partial charge in [0.25, 0.3) is 0 Å². The fraction of sp³-hybridized carbons (Fsp3) is 0.0161. The number of benzene rings is 11. The first kappa shape index (κ1) is 37.8. The number of nitrogens with zero attached hydrogens (tertiary/aromatic N) is 3. The molecule has 0 aliphatic carbocycles. The van der Waals surface area contributed by atoms with Crippen molar-refractivity contribution in [3.8, 4) is 33.5 Å². The number of rotatable bonds is 6. The van der Waals surface area contributed by atoms with E-state index in [1.807, 2.05) is 0 Å². The number of para-hydroxylation sites is 1. The summed E-state index contributed by atoms with van der Waals surface area (Å²) in [4.78, 5) is 16.5. The van der Waals surface area contributed by atoms with Crippen molar-refractivity contribution in [2.45, 2.75) is 6.17 Å². The van der Waals surface area contributed by atoms with Gasteiger partial charge in [0, 0.05) is 38.4 Å². The van der Waals surface area contributed by atoms with Gasteiger partial charge < -0.3 is 5.32 Å². The highest BCUT2D eigenvalue weighted by molar-refractivity contribution is 6.27. The molecule has 11 aromatic carbocycles. The lowest BCUT2D eigenvalue weighted by Gasteiger charge is -2.24.